The Morgan fingerprint density at radius 3 is 2.23 bits per heavy atom. The Morgan fingerprint density at radius 1 is 0.967 bits per heavy atom. The van der Waals surface area contributed by atoms with Gasteiger partial charge in [0.25, 0.3) is 5.91 Å². The third-order valence-corrected chi connectivity index (χ3v) is 4.52. The van der Waals surface area contributed by atoms with E-state index in [2.05, 4.69) is 5.32 Å². The molecule has 2 aromatic rings. The van der Waals surface area contributed by atoms with Gasteiger partial charge < -0.3 is 19.5 Å². The highest BCUT2D eigenvalue weighted by Gasteiger charge is 2.21. The molecule has 0 radical (unpaired) electrons. The van der Waals surface area contributed by atoms with Crippen LogP contribution < -0.4 is 14.8 Å². The minimum atomic E-state index is -0.954. The smallest absolute Gasteiger partial charge is 0.339 e. The molecule has 1 N–H and O–H groups in total. The molecule has 6 heteroatoms. The van der Waals surface area contributed by atoms with E-state index >= 15 is 0 Å². The molecular weight excluding hydrogens is 382 g/mol. The topological polar surface area (TPSA) is 73.9 Å². The van der Waals surface area contributed by atoms with E-state index in [4.69, 9.17) is 14.2 Å². The highest BCUT2D eigenvalue weighted by molar-refractivity contribution is 5.98. The number of carbonyl (C=O) groups excluding carboxylic acids is 2. The van der Waals surface area contributed by atoms with Crippen LogP contribution in [0.25, 0.3) is 0 Å². The summed E-state index contributed by atoms with van der Waals surface area (Å²) in [7, 11) is 0. The zero-order valence-electron chi connectivity index (χ0n) is 18.6. The predicted molar refractivity (Wildman–Crippen MR) is 118 cm³/mol. The van der Waals surface area contributed by atoms with Crippen molar-refractivity contribution < 1.29 is 23.8 Å². The van der Waals surface area contributed by atoms with E-state index < -0.39 is 12.1 Å². The van der Waals surface area contributed by atoms with Crippen LogP contribution in [0.5, 0.6) is 11.5 Å². The summed E-state index contributed by atoms with van der Waals surface area (Å²) in [6.07, 6.45) is -0.0915. The summed E-state index contributed by atoms with van der Waals surface area (Å²) in [5.41, 5.74) is 4.08. The fourth-order valence-corrected chi connectivity index (χ4v) is 3.12. The maximum absolute atomic E-state index is 12.6. The number of ether oxygens (including phenoxy) is 3. The summed E-state index contributed by atoms with van der Waals surface area (Å²) < 4.78 is 16.6. The van der Waals surface area contributed by atoms with Crippen molar-refractivity contribution in [1.29, 1.82) is 0 Å². The van der Waals surface area contributed by atoms with Crippen molar-refractivity contribution >= 4 is 17.6 Å². The third kappa shape index (κ3) is 5.99. The number of amides is 1. The van der Waals surface area contributed by atoms with Crippen LogP contribution in [0.2, 0.25) is 0 Å². The van der Waals surface area contributed by atoms with E-state index in [0.717, 1.165) is 28.8 Å². The van der Waals surface area contributed by atoms with E-state index in [-0.39, 0.29) is 5.91 Å². The molecule has 0 saturated carbocycles. The molecule has 1 unspecified atom stereocenters. The number of benzene rings is 2. The lowest BCUT2D eigenvalue weighted by Gasteiger charge is -2.17. The number of esters is 1. The van der Waals surface area contributed by atoms with Crippen molar-refractivity contribution in [2.75, 3.05) is 18.5 Å². The molecule has 6 nitrogen and oxygen atoms in total. The second-order valence-electron chi connectivity index (χ2n) is 7.25. The van der Waals surface area contributed by atoms with E-state index in [1.54, 1.807) is 25.1 Å². The lowest BCUT2D eigenvalue weighted by molar-refractivity contribution is -0.123. The van der Waals surface area contributed by atoms with Crippen LogP contribution in [0.1, 0.15) is 54.2 Å². The van der Waals surface area contributed by atoms with Gasteiger partial charge in [-0.1, -0.05) is 24.6 Å². The highest BCUT2D eigenvalue weighted by Crippen LogP contribution is 2.29. The SMILES string of the molecule is CCCOc1ccc(C(=O)OC(C)C(=O)Nc2c(C)cc(C)cc2C)cc1OCC. The molecule has 0 aliphatic rings. The third-order valence-electron chi connectivity index (χ3n) is 4.52. The van der Waals surface area contributed by atoms with Crippen LogP contribution in [0.3, 0.4) is 0 Å². The maximum atomic E-state index is 12.6. The molecule has 1 atom stereocenters. The van der Waals surface area contributed by atoms with Gasteiger partial charge in [0.05, 0.1) is 18.8 Å². The number of aryl methyl sites for hydroxylation is 3. The van der Waals surface area contributed by atoms with Gasteiger partial charge in [-0.25, -0.2) is 4.79 Å². The number of hydrogen-bond acceptors (Lipinski definition) is 5. The van der Waals surface area contributed by atoms with Crippen LogP contribution >= 0.6 is 0 Å². The first-order valence-corrected chi connectivity index (χ1v) is 10.3. The summed E-state index contributed by atoms with van der Waals surface area (Å²) in [6.45, 7) is 12.3. The Morgan fingerprint density at radius 2 is 1.63 bits per heavy atom. The van der Waals surface area contributed by atoms with E-state index in [1.807, 2.05) is 46.8 Å². The fourth-order valence-electron chi connectivity index (χ4n) is 3.12. The fraction of sp³-hybridized carbons (Fsp3) is 0.417. The van der Waals surface area contributed by atoms with Crippen molar-refractivity contribution in [3.63, 3.8) is 0 Å². The first kappa shape index (κ1) is 23.3. The zero-order valence-corrected chi connectivity index (χ0v) is 18.6. The van der Waals surface area contributed by atoms with E-state index in [0.29, 0.717) is 30.3 Å². The van der Waals surface area contributed by atoms with E-state index in [1.165, 1.54) is 0 Å². The molecule has 162 valence electrons. The van der Waals surface area contributed by atoms with Crippen LogP contribution in [0.15, 0.2) is 30.3 Å². The highest BCUT2D eigenvalue weighted by atomic mass is 16.5. The van der Waals surface area contributed by atoms with Gasteiger partial charge in [0.15, 0.2) is 17.6 Å². The first-order chi connectivity index (χ1) is 14.3. The van der Waals surface area contributed by atoms with Gasteiger partial charge in [-0.3, -0.25) is 4.79 Å². The van der Waals surface area contributed by atoms with E-state index in [9.17, 15) is 9.59 Å². The second kappa shape index (κ2) is 10.7. The van der Waals surface area contributed by atoms with Gasteiger partial charge in [-0.05, 0) is 70.4 Å². The van der Waals surface area contributed by atoms with Gasteiger partial charge in [0.2, 0.25) is 0 Å². The molecule has 2 aromatic carbocycles. The monoisotopic (exact) mass is 413 g/mol. The van der Waals surface area contributed by atoms with Gasteiger partial charge in [0, 0.05) is 5.69 Å². The first-order valence-electron chi connectivity index (χ1n) is 10.3. The van der Waals surface area contributed by atoms with Crippen molar-refractivity contribution in [2.24, 2.45) is 0 Å². The summed E-state index contributed by atoms with van der Waals surface area (Å²) in [6, 6.07) is 8.86. The molecule has 0 aromatic heterocycles. The minimum absolute atomic E-state index is 0.296. The lowest BCUT2D eigenvalue weighted by Crippen LogP contribution is -2.30. The predicted octanol–water partition coefficient (Wildman–Crippen LogP) is 4.98. The van der Waals surface area contributed by atoms with Gasteiger partial charge in [-0.2, -0.15) is 0 Å². The standard InChI is InChI=1S/C24H31NO5/c1-7-11-29-20-10-9-19(14-21(20)28-8-2)24(27)30-18(6)23(26)25-22-16(4)12-15(3)13-17(22)5/h9-10,12-14,18H,7-8,11H2,1-6H3,(H,25,26). The molecule has 0 bridgehead atoms. The van der Waals surface area contributed by atoms with Gasteiger partial charge >= 0.3 is 5.97 Å². The molecule has 1 amide bonds. The van der Waals surface area contributed by atoms with Crippen LogP contribution in [0, 0.1) is 20.8 Å². The van der Waals surface area contributed by atoms with Crippen LogP contribution in [0.4, 0.5) is 5.69 Å². The Kier molecular flexibility index (Phi) is 8.27. The Bertz CT molecular complexity index is 883. The molecule has 0 aliphatic carbocycles. The van der Waals surface area contributed by atoms with Crippen LogP contribution in [-0.2, 0) is 9.53 Å². The number of rotatable bonds is 9. The van der Waals surface area contributed by atoms with Crippen molar-refractivity contribution in [1.82, 2.24) is 0 Å². The van der Waals surface area contributed by atoms with Crippen molar-refractivity contribution in [3.05, 3.63) is 52.6 Å². The Hall–Kier alpha value is -3.02. The average molecular weight is 414 g/mol. The Balaban J connectivity index is 2.09. The van der Waals surface area contributed by atoms with Crippen LogP contribution in [-0.4, -0.2) is 31.2 Å². The average Bonchev–Trinajstić information content (AvgIpc) is 2.69. The Labute approximate surface area is 178 Å². The van der Waals surface area contributed by atoms with Crippen molar-refractivity contribution in [3.8, 4) is 11.5 Å². The summed E-state index contributed by atoms with van der Waals surface area (Å²) in [4.78, 5) is 25.2. The molecule has 30 heavy (non-hydrogen) atoms. The normalized spacial score (nSPS) is 11.5. The molecule has 0 aliphatic heterocycles. The molecular formula is C24H31NO5. The number of hydrogen-bond donors (Lipinski definition) is 1. The van der Waals surface area contributed by atoms with Gasteiger partial charge in [0.1, 0.15) is 0 Å². The van der Waals surface area contributed by atoms with Gasteiger partial charge in [-0.15, -0.1) is 0 Å². The molecule has 0 saturated heterocycles. The minimum Gasteiger partial charge on any atom is -0.490 e. The quantitative estimate of drug-likeness (QED) is 0.587. The second-order valence-corrected chi connectivity index (χ2v) is 7.25. The molecule has 2 rings (SSSR count). The maximum Gasteiger partial charge on any atom is 0.339 e. The summed E-state index contributed by atoms with van der Waals surface area (Å²) in [5.74, 6) is 0.0686. The number of carbonyl (C=O) groups is 2. The summed E-state index contributed by atoms with van der Waals surface area (Å²) >= 11 is 0. The number of nitrogens with one attached hydrogen (secondary N) is 1. The number of anilines is 1. The molecule has 0 fully saturated rings. The summed E-state index contributed by atoms with van der Waals surface area (Å²) in [5, 5.41) is 2.87. The molecule has 0 spiro atoms. The zero-order chi connectivity index (χ0) is 22.3. The largest absolute Gasteiger partial charge is 0.490 e. The lowest BCUT2D eigenvalue weighted by atomic mass is 10.0. The molecule has 0 heterocycles. The van der Waals surface area contributed by atoms with Crippen molar-refractivity contribution in [2.45, 2.75) is 54.1 Å².